The van der Waals surface area contributed by atoms with Crippen molar-refractivity contribution in [3.05, 3.63) is 29.8 Å². The number of amides is 1. The van der Waals surface area contributed by atoms with Gasteiger partial charge in [0.1, 0.15) is 0 Å². The van der Waals surface area contributed by atoms with Gasteiger partial charge in [-0.2, -0.15) is 0 Å². The van der Waals surface area contributed by atoms with Crippen LogP contribution in [-0.4, -0.2) is 35.4 Å². The molecule has 1 amide bonds. The molecule has 1 atom stereocenters. The zero-order valence-electron chi connectivity index (χ0n) is 8.89. The summed E-state index contributed by atoms with van der Waals surface area (Å²) in [5.41, 5.74) is 7.02. The Balaban J connectivity index is 2.37. The lowest BCUT2D eigenvalue weighted by Crippen LogP contribution is -2.34. The van der Waals surface area contributed by atoms with E-state index in [9.17, 15) is 4.79 Å². The van der Waals surface area contributed by atoms with E-state index in [4.69, 9.17) is 15.9 Å². The molecule has 0 saturated carbocycles. The molecular weight excluding hydrogens is 208 g/mol. The summed E-state index contributed by atoms with van der Waals surface area (Å²) in [6, 6.07) is 7.01. The maximum Gasteiger partial charge on any atom is 0.224 e. The number of carbonyl (C=O) groups excluding carboxylic acids is 1. The minimum atomic E-state index is -0.907. The highest BCUT2D eigenvalue weighted by Gasteiger charge is 2.06. The SMILES string of the molecule is Nc1ccc(CC(=O)NCC(O)CO)cc1. The van der Waals surface area contributed by atoms with Crippen LogP contribution in [0.2, 0.25) is 0 Å². The molecule has 0 heterocycles. The zero-order valence-corrected chi connectivity index (χ0v) is 8.89. The molecule has 88 valence electrons. The number of anilines is 1. The van der Waals surface area contributed by atoms with Gasteiger partial charge in [0.2, 0.25) is 5.91 Å². The quantitative estimate of drug-likeness (QED) is 0.496. The van der Waals surface area contributed by atoms with Crippen LogP contribution in [0.15, 0.2) is 24.3 Å². The number of aliphatic hydroxyl groups excluding tert-OH is 2. The standard InChI is InChI=1S/C11H16N2O3/c12-9-3-1-8(2-4-9)5-11(16)13-6-10(15)7-14/h1-4,10,14-15H,5-7,12H2,(H,13,16). The maximum absolute atomic E-state index is 11.4. The molecule has 5 heteroatoms. The number of nitrogens with one attached hydrogen (secondary N) is 1. The fourth-order valence-corrected chi connectivity index (χ4v) is 1.18. The van der Waals surface area contributed by atoms with E-state index in [1.54, 1.807) is 24.3 Å². The van der Waals surface area contributed by atoms with E-state index in [1.165, 1.54) is 0 Å². The van der Waals surface area contributed by atoms with Gasteiger partial charge in [0.25, 0.3) is 0 Å². The predicted octanol–water partition coefficient (Wildman–Crippen LogP) is -0.719. The number of nitrogen functional groups attached to an aromatic ring is 1. The average molecular weight is 224 g/mol. The summed E-state index contributed by atoms with van der Waals surface area (Å²) in [4.78, 5) is 11.4. The minimum Gasteiger partial charge on any atom is -0.399 e. The van der Waals surface area contributed by atoms with Crippen LogP contribution in [0.25, 0.3) is 0 Å². The Kier molecular flexibility index (Phi) is 4.75. The first-order valence-electron chi connectivity index (χ1n) is 5.02. The van der Waals surface area contributed by atoms with Gasteiger partial charge in [-0.25, -0.2) is 0 Å². The fourth-order valence-electron chi connectivity index (χ4n) is 1.18. The lowest BCUT2D eigenvalue weighted by Gasteiger charge is -2.08. The van der Waals surface area contributed by atoms with Crippen LogP contribution in [0.3, 0.4) is 0 Å². The molecule has 1 aromatic rings. The van der Waals surface area contributed by atoms with Gasteiger partial charge in [0, 0.05) is 12.2 Å². The normalized spacial score (nSPS) is 12.1. The van der Waals surface area contributed by atoms with Crippen molar-refractivity contribution in [2.24, 2.45) is 0 Å². The first-order valence-corrected chi connectivity index (χ1v) is 5.02. The number of rotatable bonds is 5. The molecule has 0 bridgehead atoms. The van der Waals surface area contributed by atoms with Gasteiger partial charge in [-0.3, -0.25) is 4.79 Å². The molecule has 0 fully saturated rings. The number of carbonyl (C=O) groups is 1. The summed E-state index contributed by atoms with van der Waals surface area (Å²) in [6.45, 7) is -0.299. The summed E-state index contributed by atoms with van der Waals surface area (Å²) in [6.07, 6.45) is -0.673. The molecule has 16 heavy (non-hydrogen) atoms. The highest BCUT2D eigenvalue weighted by molar-refractivity contribution is 5.78. The highest BCUT2D eigenvalue weighted by atomic mass is 16.3. The van der Waals surface area contributed by atoms with Crippen molar-refractivity contribution in [2.45, 2.75) is 12.5 Å². The molecule has 0 saturated heterocycles. The molecule has 0 aliphatic rings. The Morgan fingerprint density at radius 3 is 2.56 bits per heavy atom. The van der Waals surface area contributed by atoms with E-state index in [1.807, 2.05) is 0 Å². The Bertz CT molecular complexity index is 338. The van der Waals surface area contributed by atoms with E-state index in [2.05, 4.69) is 5.32 Å². The number of hydrogen-bond acceptors (Lipinski definition) is 4. The summed E-state index contributed by atoms with van der Waals surface area (Å²) in [5, 5.41) is 20.1. The second-order valence-corrected chi connectivity index (χ2v) is 3.56. The minimum absolute atomic E-state index is 0.0598. The van der Waals surface area contributed by atoms with Gasteiger partial charge in [-0.1, -0.05) is 12.1 Å². The highest BCUT2D eigenvalue weighted by Crippen LogP contribution is 2.05. The molecule has 1 rings (SSSR count). The van der Waals surface area contributed by atoms with E-state index in [0.29, 0.717) is 5.69 Å². The average Bonchev–Trinajstić information content (AvgIpc) is 2.29. The predicted molar refractivity (Wildman–Crippen MR) is 60.7 cm³/mol. The summed E-state index contributed by atoms with van der Waals surface area (Å²) in [7, 11) is 0. The molecule has 1 aromatic carbocycles. The van der Waals surface area contributed by atoms with Crippen LogP contribution < -0.4 is 11.1 Å². The largest absolute Gasteiger partial charge is 0.399 e. The Morgan fingerprint density at radius 2 is 2.00 bits per heavy atom. The Labute approximate surface area is 93.9 Å². The van der Waals surface area contributed by atoms with Crippen molar-refractivity contribution in [3.63, 3.8) is 0 Å². The van der Waals surface area contributed by atoms with Gasteiger partial charge >= 0.3 is 0 Å². The topological polar surface area (TPSA) is 95.6 Å². The van der Waals surface area contributed by atoms with Gasteiger partial charge in [-0.15, -0.1) is 0 Å². The number of benzene rings is 1. The fraction of sp³-hybridized carbons (Fsp3) is 0.364. The van der Waals surface area contributed by atoms with Crippen molar-refractivity contribution in [1.29, 1.82) is 0 Å². The number of hydrogen-bond donors (Lipinski definition) is 4. The molecule has 5 N–H and O–H groups in total. The molecule has 1 unspecified atom stereocenters. The number of nitrogens with two attached hydrogens (primary N) is 1. The molecule has 0 aliphatic carbocycles. The smallest absolute Gasteiger partial charge is 0.224 e. The maximum atomic E-state index is 11.4. The molecule has 5 nitrogen and oxygen atoms in total. The van der Waals surface area contributed by atoms with Crippen LogP contribution in [-0.2, 0) is 11.2 Å². The Morgan fingerprint density at radius 1 is 1.38 bits per heavy atom. The first kappa shape index (κ1) is 12.5. The molecule has 0 aliphatic heterocycles. The third-order valence-corrected chi connectivity index (χ3v) is 2.09. The van der Waals surface area contributed by atoms with Crippen molar-refractivity contribution in [3.8, 4) is 0 Å². The van der Waals surface area contributed by atoms with Gasteiger partial charge in [0.05, 0.1) is 19.1 Å². The van der Waals surface area contributed by atoms with Crippen LogP contribution >= 0.6 is 0 Å². The molecule has 0 spiro atoms. The van der Waals surface area contributed by atoms with Gasteiger partial charge in [-0.05, 0) is 17.7 Å². The second kappa shape index (κ2) is 6.09. The molecule has 0 radical (unpaired) electrons. The van der Waals surface area contributed by atoms with Crippen LogP contribution in [0, 0.1) is 0 Å². The summed E-state index contributed by atoms with van der Waals surface area (Å²) >= 11 is 0. The van der Waals surface area contributed by atoms with E-state index in [-0.39, 0.29) is 25.5 Å². The summed E-state index contributed by atoms with van der Waals surface area (Å²) in [5.74, 6) is -0.197. The second-order valence-electron chi connectivity index (χ2n) is 3.56. The first-order chi connectivity index (χ1) is 7.61. The lowest BCUT2D eigenvalue weighted by molar-refractivity contribution is -0.121. The summed E-state index contributed by atoms with van der Waals surface area (Å²) < 4.78 is 0. The molecule has 0 aromatic heterocycles. The van der Waals surface area contributed by atoms with Crippen molar-refractivity contribution in [1.82, 2.24) is 5.32 Å². The van der Waals surface area contributed by atoms with Crippen molar-refractivity contribution >= 4 is 11.6 Å². The number of aliphatic hydroxyl groups is 2. The van der Waals surface area contributed by atoms with E-state index < -0.39 is 6.10 Å². The van der Waals surface area contributed by atoms with Crippen molar-refractivity contribution < 1.29 is 15.0 Å². The van der Waals surface area contributed by atoms with Gasteiger partial charge < -0.3 is 21.3 Å². The molecular formula is C11H16N2O3. The lowest BCUT2D eigenvalue weighted by atomic mass is 10.1. The zero-order chi connectivity index (χ0) is 12.0. The third-order valence-electron chi connectivity index (χ3n) is 2.09. The van der Waals surface area contributed by atoms with Crippen LogP contribution in [0.1, 0.15) is 5.56 Å². The van der Waals surface area contributed by atoms with E-state index in [0.717, 1.165) is 5.56 Å². The van der Waals surface area contributed by atoms with Crippen LogP contribution in [0.5, 0.6) is 0 Å². The monoisotopic (exact) mass is 224 g/mol. The van der Waals surface area contributed by atoms with Crippen LogP contribution in [0.4, 0.5) is 5.69 Å². The third kappa shape index (κ3) is 4.29. The van der Waals surface area contributed by atoms with E-state index >= 15 is 0 Å². The Hall–Kier alpha value is -1.59. The van der Waals surface area contributed by atoms with Gasteiger partial charge in [0.15, 0.2) is 0 Å². The van der Waals surface area contributed by atoms with Crippen molar-refractivity contribution in [2.75, 3.05) is 18.9 Å².